The molecule has 0 aliphatic carbocycles. The zero-order chi connectivity index (χ0) is 13.8. The molecule has 102 valence electrons. The van der Waals surface area contributed by atoms with E-state index in [9.17, 15) is 4.79 Å². The van der Waals surface area contributed by atoms with Gasteiger partial charge in [-0.05, 0) is 25.0 Å². The van der Waals surface area contributed by atoms with Gasteiger partial charge in [-0.3, -0.25) is 0 Å². The minimum absolute atomic E-state index is 0.0449. The molecule has 0 amide bonds. The molecule has 1 atom stereocenters. The molecule has 3 heteroatoms. The Bertz CT molecular complexity index is 309. The zero-order valence-electron chi connectivity index (χ0n) is 11.3. The van der Waals surface area contributed by atoms with Gasteiger partial charge in [-0.15, -0.1) is 0 Å². The number of carboxylic acids is 1. The van der Waals surface area contributed by atoms with Crippen LogP contribution in [0.15, 0.2) is 30.3 Å². The third-order valence-electron chi connectivity index (χ3n) is 2.63. The van der Waals surface area contributed by atoms with Gasteiger partial charge in [-0.2, -0.15) is 0 Å². The number of hydrogen-bond acceptors (Lipinski definition) is 2. The maximum Gasteiger partial charge on any atom is 0.335 e. The first kappa shape index (κ1) is 16.6. The highest BCUT2D eigenvalue weighted by Crippen LogP contribution is 2.04. The van der Waals surface area contributed by atoms with Crippen LogP contribution in [0.3, 0.4) is 0 Å². The number of unbranched alkanes of at least 4 members (excludes halogenated alkanes) is 2. The van der Waals surface area contributed by atoms with E-state index in [1.807, 2.05) is 6.92 Å². The third kappa shape index (κ3) is 8.76. The van der Waals surface area contributed by atoms with Gasteiger partial charge in [-0.1, -0.05) is 51.3 Å². The van der Waals surface area contributed by atoms with Gasteiger partial charge in [-0.25, -0.2) is 4.79 Å². The van der Waals surface area contributed by atoms with Crippen molar-refractivity contribution in [3.8, 4) is 0 Å². The molecule has 0 heterocycles. The Hall–Kier alpha value is -1.35. The monoisotopic (exact) mass is 252 g/mol. The van der Waals surface area contributed by atoms with Crippen molar-refractivity contribution >= 4 is 5.97 Å². The average Bonchev–Trinajstić information content (AvgIpc) is 2.40. The highest BCUT2D eigenvalue weighted by atomic mass is 16.4. The summed E-state index contributed by atoms with van der Waals surface area (Å²) in [6.45, 7) is 4.20. The molecule has 1 aromatic rings. The maximum atomic E-state index is 10.2. The summed E-state index contributed by atoms with van der Waals surface area (Å²) in [5.41, 5.74) is 0.331. The topological polar surface area (TPSA) is 57.5 Å². The summed E-state index contributed by atoms with van der Waals surface area (Å²) < 4.78 is 0. The first-order valence-corrected chi connectivity index (χ1v) is 6.58. The van der Waals surface area contributed by atoms with Crippen molar-refractivity contribution < 1.29 is 15.0 Å². The van der Waals surface area contributed by atoms with E-state index in [2.05, 4.69) is 6.92 Å². The van der Waals surface area contributed by atoms with Crippen molar-refractivity contribution in [2.75, 3.05) is 0 Å². The molecule has 0 bridgehead atoms. The molecule has 0 saturated carbocycles. The lowest BCUT2D eigenvalue weighted by Gasteiger charge is -2.04. The third-order valence-corrected chi connectivity index (χ3v) is 2.63. The molecule has 0 aromatic heterocycles. The van der Waals surface area contributed by atoms with Crippen LogP contribution in [0.4, 0.5) is 0 Å². The molecule has 18 heavy (non-hydrogen) atoms. The van der Waals surface area contributed by atoms with Crippen LogP contribution in [0.25, 0.3) is 0 Å². The van der Waals surface area contributed by atoms with Crippen LogP contribution in [-0.4, -0.2) is 22.3 Å². The van der Waals surface area contributed by atoms with Crippen LogP contribution in [-0.2, 0) is 0 Å². The first-order chi connectivity index (χ1) is 8.61. The Morgan fingerprint density at radius 3 is 2.17 bits per heavy atom. The number of rotatable bonds is 6. The zero-order valence-corrected chi connectivity index (χ0v) is 11.3. The number of carbonyl (C=O) groups is 1. The summed E-state index contributed by atoms with van der Waals surface area (Å²) in [6.07, 6.45) is 5.55. The van der Waals surface area contributed by atoms with E-state index in [1.165, 1.54) is 19.3 Å². The Kier molecular flexibility index (Phi) is 9.97. The van der Waals surface area contributed by atoms with Gasteiger partial charge in [0.15, 0.2) is 0 Å². The van der Waals surface area contributed by atoms with Gasteiger partial charge in [0.05, 0.1) is 11.7 Å². The summed E-state index contributed by atoms with van der Waals surface area (Å²) >= 11 is 0. The molecule has 2 N–H and O–H groups in total. The van der Waals surface area contributed by atoms with Crippen LogP contribution in [0.1, 0.15) is 56.3 Å². The second-order valence-corrected chi connectivity index (χ2v) is 4.23. The number of hydrogen-bond donors (Lipinski definition) is 2. The van der Waals surface area contributed by atoms with Crippen molar-refractivity contribution in [1.82, 2.24) is 0 Å². The summed E-state index contributed by atoms with van der Waals surface area (Å²) in [5.74, 6) is -0.879. The summed E-state index contributed by atoms with van der Waals surface area (Å²) in [7, 11) is 0. The van der Waals surface area contributed by atoms with Crippen molar-refractivity contribution in [2.45, 2.75) is 52.1 Å². The molecule has 0 spiro atoms. The van der Waals surface area contributed by atoms with Gasteiger partial charge in [0.1, 0.15) is 0 Å². The maximum absolute atomic E-state index is 10.2. The van der Waals surface area contributed by atoms with E-state index in [1.54, 1.807) is 30.3 Å². The Morgan fingerprint density at radius 2 is 1.78 bits per heavy atom. The number of benzene rings is 1. The number of carboxylic acid groups (broad SMARTS) is 1. The van der Waals surface area contributed by atoms with E-state index in [-0.39, 0.29) is 6.10 Å². The van der Waals surface area contributed by atoms with Gasteiger partial charge < -0.3 is 10.2 Å². The lowest BCUT2D eigenvalue weighted by Crippen LogP contribution is -2.02. The molecule has 1 aromatic carbocycles. The quantitative estimate of drug-likeness (QED) is 0.758. The number of aliphatic hydroxyl groups is 1. The standard InChI is InChI=1S/C8H18O.C7H6O2/c1-3-5-6-7-8(9)4-2;8-7(9)6-4-2-1-3-5-6/h8-9H,3-7H2,1-2H3;1-5H,(H,8,9). The fourth-order valence-electron chi connectivity index (χ4n) is 1.41. The molecule has 0 aliphatic heterocycles. The minimum atomic E-state index is -0.879. The highest BCUT2D eigenvalue weighted by molar-refractivity contribution is 5.87. The van der Waals surface area contributed by atoms with Crippen LogP contribution in [0.5, 0.6) is 0 Å². The molecular weight excluding hydrogens is 228 g/mol. The second-order valence-electron chi connectivity index (χ2n) is 4.23. The predicted octanol–water partition coefficient (Wildman–Crippen LogP) is 3.72. The van der Waals surface area contributed by atoms with Gasteiger partial charge >= 0.3 is 5.97 Å². The van der Waals surface area contributed by atoms with E-state index in [0.717, 1.165) is 12.8 Å². The van der Waals surface area contributed by atoms with E-state index in [4.69, 9.17) is 10.2 Å². The lowest BCUT2D eigenvalue weighted by molar-refractivity contribution is 0.0697. The molecule has 0 radical (unpaired) electrons. The first-order valence-electron chi connectivity index (χ1n) is 6.58. The van der Waals surface area contributed by atoms with Crippen LogP contribution in [0.2, 0.25) is 0 Å². The Morgan fingerprint density at radius 1 is 1.17 bits per heavy atom. The SMILES string of the molecule is CCCCCC(O)CC.O=C(O)c1ccccc1. The molecule has 0 saturated heterocycles. The normalized spacial score (nSPS) is 11.3. The second kappa shape index (κ2) is 10.8. The fraction of sp³-hybridized carbons (Fsp3) is 0.533. The number of aliphatic hydroxyl groups excluding tert-OH is 1. The Balaban J connectivity index is 0.000000321. The Labute approximate surface area is 109 Å². The van der Waals surface area contributed by atoms with Gasteiger partial charge in [0.2, 0.25) is 0 Å². The van der Waals surface area contributed by atoms with Crippen LogP contribution in [0, 0.1) is 0 Å². The van der Waals surface area contributed by atoms with E-state index in [0.29, 0.717) is 5.56 Å². The molecule has 1 unspecified atom stereocenters. The lowest BCUT2D eigenvalue weighted by atomic mass is 10.1. The van der Waals surface area contributed by atoms with Crippen molar-refractivity contribution in [2.24, 2.45) is 0 Å². The van der Waals surface area contributed by atoms with Crippen molar-refractivity contribution in [3.63, 3.8) is 0 Å². The van der Waals surface area contributed by atoms with Crippen molar-refractivity contribution in [1.29, 1.82) is 0 Å². The molecule has 3 nitrogen and oxygen atoms in total. The highest BCUT2D eigenvalue weighted by Gasteiger charge is 1.97. The molecule has 1 rings (SSSR count). The largest absolute Gasteiger partial charge is 0.478 e. The number of aromatic carboxylic acids is 1. The molecular formula is C15H24O3. The van der Waals surface area contributed by atoms with Crippen LogP contribution < -0.4 is 0 Å². The smallest absolute Gasteiger partial charge is 0.335 e. The molecule has 0 fully saturated rings. The van der Waals surface area contributed by atoms with E-state index < -0.39 is 5.97 Å². The van der Waals surface area contributed by atoms with E-state index >= 15 is 0 Å². The summed E-state index contributed by atoms with van der Waals surface area (Å²) in [4.78, 5) is 10.2. The van der Waals surface area contributed by atoms with Gasteiger partial charge in [0.25, 0.3) is 0 Å². The van der Waals surface area contributed by atoms with Crippen molar-refractivity contribution in [3.05, 3.63) is 35.9 Å². The summed E-state index contributed by atoms with van der Waals surface area (Å²) in [5, 5.41) is 17.5. The summed E-state index contributed by atoms with van der Waals surface area (Å²) in [6, 6.07) is 8.30. The minimum Gasteiger partial charge on any atom is -0.478 e. The predicted molar refractivity (Wildman–Crippen MR) is 73.8 cm³/mol. The van der Waals surface area contributed by atoms with Crippen LogP contribution >= 0.6 is 0 Å². The molecule has 0 aliphatic rings. The average molecular weight is 252 g/mol. The fourth-order valence-corrected chi connectivity index (χ4v) is 1.41. The van der Waals surface area contributed by atoms with Gasteiger partial charge in [0, 0.05) is 0 Å².